The lowest BCUT2D eigenvalue weighted by Gasteiger charge is -2.16. The minimum Gasteiger partial charge on any atom is -0.334 e. The first-order valence-corrected chi connectivity index (χ1v) is 5.87. The average molecular weight is 288 g/mol. The molecule has 0 unspecified atom stereocenters. The number of rotatable bonds is 3. The van der Waals surface area contributed by atoms with E-state index >= 15 is 0 Å². The molecule has 2 aromatic rings. The van der Waals surface area contributed by atoms with Crippen molar-refractivity contribution in [1.82, 2.24) is 24.9 Å². The van der Waals surface area contributed by atoms with Crippen molar-refractivity contribution in [3.05, 3.63) is 33.8 Å². The third kappa shape index (κ3) is 2.34. The first kappa shape index (κ1) is 12.9. The van der Waals surface area contributed by atoms with Crippen LogP contribution >= 0.6 is 23.2 Å². The highest BCUT2D eigenvalue weighted by Gasteiger charge is 2.19. The van der Waals surface area contributed by atoms with Crippen LogP contribution in [0.15, 0.2) is 12.4 Å². The molecular formula is C10H11Cl2N5O. The summed E-state index contributed by atoms with van der Waals surface area (Å²) in [6.45, 7) is 0.337. The Bertz CT molecular complexity index is 557. The number of carbonyl (C=O) groups excluding carboxylic acids is 1. The first-order chi connectivity index (χ1) is 8.50. The third-order valence-corrected chi connectivity index (χ3v) is 3.15. The zero-order chi connectivity index (χ0) is 13.3. The molecule has 0 aliphatic carbocycles. The minimum atomic E-state index is -0.255. The molecule has 0 aromatic carbocycles. The molecule has 2 aromatic heterocycles. The highest BCUT2D eigenvalue weighted by molar-refractivity contribution is 6.33. The number of H-pyrrole nitrogens is 1. The van der Waals surface area contributed by atoms with Crippen molar-refractivity contribution in [2.24, 2.45) is 7.05 Å². The van der Waals surface area contributed by atoms with Gasteiger partial charge in [0.15, 0.2) is 0 Å². The Kier molecular flexibility index (Phi) is 3.58. The molecule has 0 saturated heterocycles. The lowest BCUT2D eigenvalue weighted by atomic mass is 10.3. The summed E-state index contributed by atoms with van der Waals surface area (Å²) in [5.41, 5.74) is 1.01. The van der Waals surface area contributed by atoms with Gasteiger partial charge in [-0.05, 0) is 0 Å². The molecule has 6 nitrogen and oxygen atoms in total. The molecule has 1 N–H and O–H groups in total. The van der Waals surface area contributed by atoms with Gasteiger partial charge in [-0.1, -0.05) is 23.2 Å². The van der Waals surface area contributed by atoms with Crippen molar-refractivity contribution < 1.29 is 4.79 Å². The van der Waals surface area contributed by atoms with Crippen LogP contribution in [0, 0.1) is 0 Å². The summed E-state index contributed by atoms with van der Waals surface area (Å²) < 4.78 is 1.63. The van der Waals surface area contributed by atoms with Crippen LogP contribution in [0.5, 0.6) is 0 Å². The number of aromatic amines is 1. The van der Waals surface area contributed by atoms with Gasteiger partial charge in [0.1, 0.15) is 5.69 Å². The van der Waals surface area contributed by atoms with Crippen LogP contribution in [0.25, 0.3) is 0 Å². The molecule has 0 saturated carbocycles. The fourth-order valence-corrected chi connectivity index (χ4v) is 1.92. The van der Waals surface area contributed by atoms with Crippen LogP contribution < -0.4 is 0 Å². The van der Waals surface area contributed by atoms with Gasteiger partial charge in [0.05, 0.1) is 34.7 Å². The van der Waals surface area contributed by atoms with Gasteiger partial charge < -0.3 is 4.90 Å². The SMILES string of the molecule is CN(Cc1c(Cl)cnn1C)C(=O)c1[nH]ncc1Cl. The standard InChI is InChI=1S/C10H11Cl2N5O/c1-16(5-8-6(11)4-14-17(8)2)10(18)9-7(12)3-13-15-9/h3-4H,5H2,1-2H3,(H,13,15). The topological polar surface area (TPSA) is 66.8 Å². The molecule has 0 spiro atoms. The molecule has 96 valence electrons. The molecule has 2 rings (SSSR count). The van der Waals surface area contributed by atoms with Crippen molar-refractivity contribution >= 4 is 29.1 Å². The molecule has 1 amide bonds. The fraction of sp³-hybridized carbons (Fsp3) is 0.300. The fourth-order valence-electron chi connectivity index (χ4n) is 1.52. The Morgan fingerprint density at radius 3 is 2.67 bits per heavy atom. The monoisotopic (exact) mass is 287 g/mol. The van der Waals surface area contributed by atoms with Crippen LogP contribution in [-0.2, 0) is 13.6 Å². The van der Waals surface area contributed by atoms with E-state index in [1.165, 1.54) is 11.1 Å². The van der Waals surface area contributed by atoms with Crippen molar-refractivity contribution in [1.29, 1.82) is 0 Å². The molecule has 2 heterocycles. The van der Waals surface area contributed by atoms with Gasteiger partial charge >= 0.3 is 0 Å². The Balaban J connectivity index is 2.16. The van der Waals surface area contributed by atoms with Crippen LogP contribution in [0.3, 0.4) is 0 Å². The molecular weight excluding hydrogens is 277 g/mol. The molecule has 0 bridgehead atoms. The van der Waals surface area contributed by atoms with Crippen LogP contribution in [0.4, 0.5) is 0 Å². The normalized spacial score (nSPS) is 10.7. The number of hydrogen-bond acceptors (Lipinski definition) is 3. The number of amides is 1. The van der Waals surface area contributed by atoms with Crippen molar-refractivity contribution in [3.8, 4) is 0 Å². The van der Waals surface area contributed by atoms with Gasteiger partial charge in [-0.2, -0.15) is 10.2 Å². The van der Waals surface area contributed by atoms with E-state index < -0.39 is 0 Å². The average Bonchev–Trinajstić information content (AvgIpc) is 2.88. The Hall–Kier alpha value is -1.53. The largest absolute Gasteiger partial charge is 0.334 e. The first-order valence-electron chi connectivity index (χ1n) is 5.11. The summed E-state index contributed by atoms with van der Waals surface area (Å²) in [6, 6.07) is 0. The number of halogens is 2. The Morgan fingerprint density at radius 2 is 2.17 bits per heavy atom. The smallest absolute Gasteiger partial charge is 0.273 e. The van der Waals surface area contributed by atoms with E-state index in [2.05, 4.69) is 15.3 Å². The zero-order valence-corrected chi connectivity index (χ0v) is 11.3. The summed E-state index contributed by atoms with van der Waals surface area (Å²) in [7, 11) is 3.42. The molecule has 8 heteroatoms. The number of nitrogens with one attached hydrogen (secondary N) is 1. The van der Waals surface area contributed by atoms with E-state index in [0.29, 0.717) is 16.6 Å². The van der Waals surface area contributed by atoms with Gasteiger partial charge in [0.25, 0.3) is 5.91 Å². The summed E-state index contributed by atoms with van der Waals surface area (Å²) >= 11 is 11.8. The third-order valence-electron chi connectivity index (χ3n) is 2.55. The quantitative estimate of drug-likeness (QED) is 0.935. The predicted octanol–water partition coefficient (Wildman–Crippen LogP) is 1.72. The second-order valence-electron chi connectivity index (χ2n) is 3.82. The predicted molar refractivity (Wildman–Crippen MR) is 67.6 cm³/mol. The van der Waals surface area contributed by atoms with E-state index in [-0.39, 0.29) is 11.6 Å². The summed E-state index contributed by atoms with van der Waals surface area (Å²) in [4.78, 5) is 13.6. The summed E-state index contributed by atoms with van der Waals surface area (Å²) in [5, 5.41) is 11.1. The van der Waals surface area contributed by atoms with Crippen molar-refractivity contribution in [2.75, 3.05) is 7.05 Å². The number of aryl methyl sites for hydroxylation is 1. The highest BCUT2D eigenvalue weighted by atomic mass is 35.5. The van der Waals surface area contributed by atoms with Gasteiger partial charge in [0, 0.05) is 14.1 Å². The number of hydrogen-bond donors (Lipinski definition) is 1. The van der Waals surface area contributed by atoms with Crippen LogP contribution in [0.2, 0.25) is 10.0 Å². The van der Waals surface area contributed by atoms with E-state index in [9.17, 15) is 4.79 Å². The van der Waals surface area contributed by atoms with E-state index in [1.54, 1.807) is 25.0 Å². The zero-order valence-electron chi connectivity index (χ0n) is 9.81. The highest BCUT2D eigenvalue weighted by Crippen LogP contribution is 2.18. The number of nitrogens with zero attached hydrogens (tertiary/aromatic N) is 4. The number of aromatic nitrogens is 4. The number of carbonyl (C=O) groups is 1. The Labute approximate surface area is 113 Å². The van der Waals surface area contributed by atoms with Gasteiger partial charge in [-0.15, -0.1) is 0 Å². The maximum Gasteiger partial charge on any atom is 0.273 e. The molecule has 0 aliphatic rings. The second-order valence-corrected chi connectivity index (χ2v) is 4.63. The summed E-state index contributed by atoms with van der Waals surface area (Å²) in [6.07, 6.45) is 2.93. The van der Waals surface area contributed by atoms with E-state index in [4.69, 9.17) is 23.2 Å². The Morgan fingerprint density at radius 1 is 1.44 bits per heavy atom. The minimum absolute atomic E-state index is 0.255. The van der Waals surface area contributed by atoms with Gasteiger partial charge in [-0.3, -0.25) is 14.6 Å². The molecule has 0 radical (unpaired) electrons. The lowest BCUT2D eigenvalue weighted by molar-refractivity contribution is 0.0776. The molecule has 0 atom stereocenters. The van der Waals surface area contributed by atoms with Crippen molar-refractivity contribution in [3.63, 3.8) is 0 Å². The second kappa shape index (κ2) is 4.99. The van der Waals surface area contributed by atoms with Crippen LogP contribution in [-0.4, -0.2) is 37.8 Å². The molecule has 18 heavy (non-hydrogen) atoms. The summed E-state index contributed by atoms with van der Waals surface area (Å²) in [5.74, 6) is -0.255. The molecule has 0 fully saturated rings. The van der Waals surface area contributed by atoms with E-state index in [1.807, 2.05) is 0 Å². The maximum atomic E-state index is 12.1. The molecule has 0 aliphatic heterocycles. The van der Waals surface area contributed by atoms with Gasteiger partial charge in [-0.25, -0.2) is 0 Å². The van der Waals surface area contributed by atoms with Crippen molar-refractivity contribution in [2.45, 2.75) is 6.54 Å². The van der Waals surface area contributed by atoms with E-state index in [0.717, 1.165) is 5.69 Å². The maximum absolute atomic E-state index is 12.1. The van der Waals surface area contributed by atoms with Crippen LogP contribution in [0.1, 0.15) is 16.2 Å². The van der Waals surface area contributed by atoms with Gasteiger partial charge in [0.2, 0.25) is 0 Å². The lowest BCUT2D eigenvalue weighted by Crippen LogP contribution is -2.28.